The zero-order chi connectivity index (χ0) is 13.5. The van der Waals surface area contributed by atoms with Crippen molar-refractivity contribution in [3.63, 3.8) is 0 Å². The maximum Gasteiger partial charge on any atom is 0.239 e. The van der Waals surface area contributed by atoms with Crippen LogP contribution in [0.5, 0.6) is 0 Å². The first kappa shape index (κ1) is 14.5. The van der Waals surface area contributed by atoms with Crippen molar-refractivity contribution in [2.24, 2.45) is 0 Å². The lowest BCUT2D eigenvalue weighted by molar-refractivity contribution is -0.119. The van der Waals surface area contributed by atoms with Gasteiger partial charge in [-0.2, -0.15) is 0 Å². The summed E-state index contributed by atoms with van der Waals surface area (Å²) >= 11 is 0. The van der Waals surface area contributed by atoms with E-state index in [-0.39, 0.29) is 12.5 Å². The van der Waals surface area contributed by atoms with Gasteiger partial charge in [0.25, 0.3) is 0 Å². The number of rotatable bonds is 6. The van der Waals surface area contributed by atoms with Gasteiger partial charge < -0.3 is 15.3 Å². The van der Waals surface area contributed by atoms with Crippen molar-refractivity contribution < 1.29 is 9.90 Å². The molecule has 0 radical (unpaired) electrons. The molecule has 0 saturated heterocycles. The van der Waals surface area contributed by atoms with Crippen LogP contribution in [-0.2, 0) is 11.4 Å². The van der Waals surface area contributed by atoms with E-state index in [1.165, 1.54) is 0 Å². The molecule has 1 amide bonds. The van der Waals surface area contributed by atoms with Gasteiger partial charge >= 0.3 is 0 Å². The van der Waals surface area contributed by atoms with E-state index in [1.54, 1.807) is 0 Å². The topological polar surface area (TPSA) is 52.6 Å². The van der Waals surface area contributed by atoms with Crippen LogP contribution in [0, 0.1) is 6.92 Å². The van der Waals surface area contributed by atoms with Gasteiger partial charge in [0.1, 0.15) is 0 Å². The lowest BCUT2D eigenvalue weighted by Gasteiger charge is -2.21. The van der Waals surface area contributed by atoms with E-state index in [9.17, 15) is 4.79 Å². The summed E-state index contributed by atoms with van der Waals surface area (Å²) in [5, 5.41) is 11.9. The lowest BCUT2D eigenvalue weighted by atomic mass is 10.1. The number of aliphatic hydroxyl groups is 1. The Morgan fingerprint density at radius 1 is 1.44 bits per heavy atom. The predicted molar refractivity (Wildman–Crippen MR) is 73.7 cm³/mol. The second kappa shape index (κ2) is 7.01. The smallest absolute Gasteiger partial charge is 0.239 e. The van der Waals surface area contributed by atoms with Crippen molar-refractivity contribution in [1.29, 1.82) is 0 Å². The summed E-state index contributed by atoms with van der Waals surface area (Å²) in [6, 6.07) is 5.76. The maximum atomic E-state index is 11.6. The molecule has 4 nitrogen and oxygen atoms in total. The predicted octanol–water partition coefficient (Wildman–Crippen LogP) is 1.45. The van der Waals surface area contributed by atoms with Crippen LogP contribution in [0.2, 0.25) is 0 Å². The molecule has 0 atom stereocenters. The van der Waals surface area contributed by atoms with E-state index in [0.29, 0.717) is 6.54 Å². The number of likely N-dealkylation sites (N-methyl/N-ethyl adjacent to an activating group) is 1. The molecule has 1 rings (SSSR count). The van der Waals surface area contributed by atoms with Gasteiger partial charge in [0.15, 0.2) is 0 Å². The molecule has 2 N–H and O–H groups in total. The Morgan fingerprint density at radius 2 is 2.17 bits per heavy atom. The van der Waals surface area contributed by atoms with Gasteiger partial charge in [-0.3, -0.25) is 4.79 Å². The number of aliphatic hydroxyl groups excluding tert-OH is 1. The third-order valence-electron chi connectivity index (χ3n) is 2.81. The van der Waals surface area contributed by atoms with E-state index in [0.717, 1.165) is 29.8 Å². The first-order valence-corrected chi connectivity index (χ1v) is 6.26. The highest BCUT2D eigenvalue weighted by Crippen LogP contribution is 2.19. The van der Waals surface area contributed by atoms with Crippen molar-refractivity contribution >= 4 is 11.6 Å². The fraction of sp³-hybridized carbons (Fsp3) is 0.500. The van der Waals surface area contributed by atoms with Crippen molar-refractivity contribution in [2.75, 3.05) is 25.0 Å². The van der Waals surface area contributed by atoms with E-state index in [1.807, 2.05) is 44.0 Å². The van der Waals surface area contributed by atoms with Crippen LogP contribution in [0.3, 0.4) is 0 Å². The van der Waals surface area contributed by atoms with Crippen LogP contribution < -0.4 is 10.2 Å². The number of anilines is 1. The standard InChI is InChI=1S/C14H22N2O2/c1-4-7-15-14(18)9-16(3)13-6-5-12(10-17)8-11(13)2/h5-6,8,17H,4,7,9-10H2,1-3H3,(H,15,18). The van der Waals surface area contributed by atoms with E-state index in [2.05, 4.69) is 5.32 Å². The number of carbonyl (C=O) groups excluding carboxylic acids is 1. The first-order valence-electron chi connectivity index (χ1n) is 6.26. The molecule has 1 aromatic carbocycles. The molecule has 0 unspecified atom stereocenters. The van der Waals surface area contributed by atoms with Crippen molar-refractivity contribution in [3.05, 3.63) is 29.3 Å². The van der Waals surface area contributed by atoms with Crippen molar-refractivity contribution in [1.82, 2.24) is 5.32 Å². The van der Waals surface area contributed by atoms with Gasteiger partial charge in [-0.15, -0.1) is 0 Å². The van der Waals surface area contributed by atoms with Crippen molar-refractivity contribution in [2.45, 2.75) is 26.9 Å². The third kappa shape index (κ3) is 4.04. The van der Waals surface area contributed by atoms with Gasteiger partial charge in [-0.25, -0.2) is 0 Å². The number of amides is 1. The van der Waals surface area contributed by atoms with Crippen LogP contribution in [0.4, 0.5) is 5.69 Å². The number of hydrogen-bond donors (Lipinski definition) is 2. The molecule has 1 aromatic rings. The number of benzene rings is 1. The Labute approximate surface area is 109 Å². The highest BCUT2D eigenvalue weighted by atomic mass is 16.3. The average Bonchev–Trinajstić information content (AvgIpc) is 2.35. The Balaban J connectivity index is 2.66. The molecular formula is C14H22N2O2. The Hall–Kier alpha value is -1.55. The Kier molecular flexibility index (Phi) is 5.65. The van der Waals surface area contributed by atoms with Gasteiger partial charge in [0.2, 0.25) is 5.91 Å². The lowest BCUT2D eigenvalue weighted by Crippen LogP contribution is -2.35. The molecule has 0 fully saturated rings. The number of carbonyl (C=O) groups is 1. The van der Waals surface area contributed by atoms with E-state index >= 15 is 0 Å². The second-order valence-electron chi connectivity index (χ2n) is 4.48. The summed E-state index contributed by atoms with van der Waals surface area (Å²) in [6.45, 7) is 5.12. The fourth-order valence-electron chi connectivity index (χ4n) is 1.87. The zero-order valence-corrected chi connectivity index (χ0v) is 11.4. The van der Waals surface area contributed by atoms with Crippen LogP contribution in [-0.4, -0.2) is 31.2 Å². The number of nitrogens with zero attached hydrogens (tertiary/aromatic N) is 1. The van der Waals surface area contributed by atoms with Crippen LogP contribution in [0.1, 0.15) is 24.5 Å². The molecule has 18 heavy (non-hydrogen) atoms. The molecule has 0 saturated carbocycles. The zero-order valence-electron chi connectivity index (χ0n) is 11.4. The van der Waals surface area contributed by atoms with Gasteiger partial charge in [-0.05, 0) is 30.5 Å². The summed E-state index contributed by atoms with van der Waals surface area (Å²) in [5.74, 6) is 0.0324. The number of aryl methyl sites for hydroxylation is 1. The SMILES string of the molecule is CCCNC(=O)CN(C)c1ccc(CO)cc1C. The fourth-order valence-corrected chi connectivity index (χ4v) is 1.87. The minimum absolute atomic E-state index is 0.0324. The van der Waals surface area contributed by atoms with Crippen LogP contribution in [0.15, 0.2) is 18.2 Å². The molecule has 4 heteroatoms. The molecule has 0 bridgehead atoms. The summed E-state index contributed by atoms with van der Waals surface area (Å²) in [7, 11) is 1.90. The molecule has 0 aliphatic rings. The third-order valence-corrected chi connectivity index (χ3v) is 2.81. The average molecular weight is 250 g/mol. The first-order chi connectivity index (χ1) is 8.58. The molecule has 0 heterocycles. The quantitative estimate of drug-likeness (QED) is 0.803. The number of hydrogen-bond acceptors (Lipinski definition) is 3. The normalized spacial score (nSPS) is 10.2. The highest BCUT2D eigenvalue weighted by molar-refractivity contribution is 5.81. The minimum Gasteiger partial charge on any atom is -0.392 e. The summed E-state index contributed by atoms with van der Waals surface area (Å²) in [6.07, 6.45) is 0.944. The maximum absolute atomic E-state index is 11.6. The summed E-state index contributed by atoms with van der Waals surface area (Å²) < 4.78 is 0. The second-order valence-corrected chi connectivity index (χ2v) is 4.48. The van der Waals surface area contributed by atoms with Gasteiger partial charge in [-0.1, -0.05) is 19.1 Å². The monoisotopic (exact) mass is 250 g/mol. The van der Waals surface area contributed by atoms with E-state index in [4.69, 9.17) is 5.11 Å². The Morgan fingerprint density at radius 3 is 2.72 bits per heavy atom. The Bertz CT molecular complexity index is 405. The van der Waals surface area contributed by atoms with Crippen LogP contribution >= 0.6 is 0 Å². The van der Waals surface area contributed by atoms with Gasteiger partial charge in [0, 0.05) is 19.3 Å². The molecule has 0 aliphatic carbocycles. The largest absolute Gasteiger partial charge is 0.392 e. The molecule has 0 aromatic heterocycles. The van der Waals surface area contributed by atoms with E-state index < -0.39 is 0 Å². The molecule has 0 spiro atoms. The minimum atomic E-state index is 0.0324. The highest BCUT2D eigenvalue weighted by Gasteiger charge is 2.09. The summed E-state index contributed by atoms with van der Waals surface area (Å²) in [4.78, 5) is 13.5. The van der Waals surface area contributed by atoms with Gasteiger partial charge in [0.05, 0.1) is 13.2 Å². The number of nitrogens with one attached hydrogen (secondary N) is 1. The molecular weight excluding hydrogens is 228 g/mol. The van der Waals surface area contributed by atoms with Crippen LogP contribution in [0.25, 0.3) is 0 Å². The molecule has 0 aliphatic heterocycles. The molecule has 100 valence electrons. The summed E-state index contributed by atoms with van der Waals surface area (Å²) in [5.41, 5.74) is 2.96. The van der Waals surface area contributed by atoms with Crippen molar-refractivity contribution in [3.8, 4) is 0 Å².